The van der Waals surface area contributed by atoms with Crippen LogP contribution in [0.3, 0.4) is 0 Å². The first-order chi connectivity index (χ1) is 26.5. The molecule has 1 unspecified atom stereocenters. The van der Waals surface area contributed by atoms with Crippen LogP contribution in [-0.2, 0) is 19.1 Å². The van der Waals surface area contributed by atoms with Crippen LogP contribution in [0.4, 0.5) is 0 Å². The number of carbonyl (C=O) groups excluding carboxylic acids is 2. The highest BCUT2D eigenvalue weighted by atomic mass is 16.5. The molecule has 1 atom stereocenters. The molecule has 54 heavy (non-hydrogen) atoms. The molecule has 0 saturated heterocycles. The van der Waals surface area contributed by atoms with E-state index in [2.05, 4.69) is 79.9 Å². The summed E-state index contributed by atoms with van der Waals surface area (Å²) >= 11 is 0. The third-order valence-corrected chi connectivity index (χ3v) is 9.65. The van der Waals surface area contributed by atoms with E-state index in [4.69, 9.17) is 9.84 Å². The van der Waals surface area contributed by atoms with Crippen molar-refractivity contribution in [3.63, 3.8) is 0 Å². The Morgan fingerprint density at radius 1 is 0.500 bits per heavy atom. The van der Waals surface area contributed by atoms with Crippen LogP contribution in [0.2, 0.25) is 0 Å². The first kappa shape index (κ1) is 51.1. The van der Waals surface area contributed by atoms with Crippen LogP contribution in [0, 0.1) is 0 Å². The zero-order valence-corrected chi connectivity index (χ0v) is 35.1. The van der Waals surface area contributed by atoms with Crippen LogP contribution in [0.25, 0.3) is 0 Å². The van der Waals surface area contributed by atoms with Crippen LogP contribution in [0.5, 0.6) is 0 Å². The van der Waals surface area contributed by atoms with Crippen molar-refractivity contribution in [2.45, 2.75) is 219 Å². The number of nitrogens with one attached hydrogen (secondary N) is 1. The molecular weight excluding hydrogens is 671 g/mol. The molecule has 0 aromatic heterocycles. The minimum atomic E-state index is -1.03. The topological polar surface area (TPSA) is 92.7 Å². The number of amides is 1. The summed E-state index contributed by atoms with van der Waals surface area (Å²) in [6, 6.07) is 0. The molecule has 0 bridgehead atoms. The summed E-state index contributed by atoms with van der Waals surface area (Å²) in [6.07, 6.45) is 56.5. The zero-order valence-electron chi connectivity index (χ0n) is 35.1. The largest absolute Gasteiger partial charge is 0.480 e. The lowest BCUT2D eigenvalue weighted by Gasteiger charge is -2.14. The minimum Gasteiger partial charge on any atom is -0.480 e. The van der Waals surface area contributed by atoms with E-state index in [0.29, 0.717) is 12.8 Å². The summed E-state index contributed by atoms with van der Waals surface area (Å²) in [4.78, 5) is 35.0. The third-order valence-electron chi connectivity index (χ3n) is 9.65. The highest BCUT2D eigenvalue weighted by molar-refractivity contribution is 5.80. The Morgan fingerprint density at radius 3 is 1.44 bits per heavy atom. The Bertz CT molecular complexity index is 1010. The van der Waals surface area contributed by atoms with Gasteiger partial charge in [0.15, 0.2) is 0 Å². The fourth-order valence-corrected chi connectivity index (χ4v) is 6.29. The normalized spacial score (nSPS) is 12.6. The predicted molar refractivity (Wildman–Crippen MR) is 231 cm³/mol. The van der Waals surface area contributed by atoms with Gasteiger partial charge in [-0.15, -0.1) is 0 Å². The molecule has 1 amide bonds. The Kier molecular flexibility index (Phi) is 40.6. The van der Waals surface area contributed by atoms with E-state index in [-0.39, 0.29) is 24.5 Å². The van der Waals surface area contributed by atoms with E-state index in [9.17, 15) is 14.4 Å². The van der Waals surface area contributed by atoms with E-state index >= 15 is 0 Å². The summed E-state index contributed by atoms with van der Waals surface area (Å²) in [5, 5.41) is 11.1. The molecule has 6 heteroatoms. The fraction of sp³-hybridized carbons (Fsp3) is 0.729. The molecule has 0 aliphatic carbocycles. The maximum atomic E-state index is 12.7. The van der Waals surface area contributed by atoms with Crippen molar-refractivity contribution in [2.24, 2.45) is 0 Å². The van der Waals surface area contributed by atoms with E-state index in [1.54, 1.807) is 0 Å². The second-order valence-electron chi connectivity index (χ2n) is 14.9. The van der Waals surface area contributed by atoms with Gasteiger partial charge in [0.25, 0.3) is 0 Å². The van der Waals surface area contributed by atoms with Crippen molar-refractivity contribution in [1.82, 2.24) is 5.32 Å². The lowest BCUT2D eigenvalue weighted by atomic mass is 10.1. The predicted octanol–water partition coefficient (Wildman–Crippen LogP) is 14.0. The molecule has 0 aliphatic rings. The highest BCUT2D eigenvalue weighted by Gasteiger charge is 2.11. The molecular formula is C48H83NO5. The Balaban J connectivity index is 4.17. The molecule has 2 N–H and O–H groups in total. The fourth-order valence-electron chi connectivity index (χ4n) is 6.29. The van der Waals surface area contributed by atoms with E-state index in [1.807, 2.05) is 0 Å². The molecule has 0 rings (SSSR count). The molecule has 0 heterocycles. The minimum absolute atomic E-state index is 0.0938. The average molecular weight is 754 g/mol. The van der Waals surface area contributed by atoms with Crippen LogP contribution >= 0.6 is 0 Å². The average Bonchev–Trinajstić information content (AvgIpc) is 3.16. The number of rotatable bonds is 40. The van der Waals surface area contributed by atoms with E-state index < -0.39 is 5.97 Å². The third kappa shape index (κ3) is 41.9. The zero-order chi connectivity index (χ0) is 39.4. The number of hydrogen-bond acceptors (Lipinski definition) is 4. The van der Waals surface area contributed by atoms with Crippen molar-refractivity contribution >= 4 is 17.8 Å². The number of carboxylic acid groups (broad SMARTS) is 1. The number of unbranched alkanes of at least 4 members (excludes halogenated alkanes) is 21. The van der Waals surface area contributed by atoms with Gasteiger partial charge in [-0.1, -0.05) is 171 Å². The number of ether oxygens (including phenoxy) is 1. The molecule has 0 aliphatic heterocycles. The molecule has 0 radical (unpaired) electrons. The molecule has 6 nitrogen and oxygen atoms in total. The van der Waals surface area contributed by atoms with Crippen molar-refractivity contribution in [3.8, 4) is 0 Å². The lowest BCUT2D eigenvalue weighted by Crippen LogP contribution is -2.28. The quantitative estimate of drug-likeness (QED) is 0.0369. The van der Waals surface area contributed by atoms with Gasteiger partial charge in [0.05, 0.1) is 0 Å². The van der Waals surface area contributed by atoms with Gasteiger partial charge < -0.3 is 15.2 Å². The molecule has 0 aromatic carbocycles. The first-order valence-electron chi connectivity index (χ1n) is 22.4. The van der Waals surface area contributed by atoms with Gasteiger partial charge in [-0.2, -0.15) is 0 Å². The van der Waals surface area contributed by atoms with E-state index in [1.165, 1.54) is 109 Å². The van der Waals surface area contributed by atoms with Gasteiger partial charge in [-0.25, -0.2) is 0 Å². The second kappa shape index (κ2) is 42.8. The van der Waals surface area contributed by atoms with E-state index in [0.717, 1.165) is 77.0 Å². The highest BCUT2D eigenvalue weighted by Crippen LogP contribution is 2.15. The van der Waals surface area contributed by atoms with Gasteiger partial charge in [-0.3, -0.25) is 14.4 Å². The number of allylic oxidation sites excluding steroid dienone is 9. The number of carbonyl (C=O) groups is 3. The molecule has 0 fully saturated rings. The smallest absolute Gasteiger partial charge is 0.322 e. The van der Waals surface area contributed by atoms with Crippen LogP contribution in [0.1, 0.15) is 213 Å². The SMILES string of the molecule is CCCCC/C=C\C/C=C\C/C=C\C(CCCCCCCC(=O)NCC(=O)O)OC(=O)CCCCCCCCCCC/C=C\C/C=C\CCCCCCC. The second-order valence-corrected chi connectivity index (χ2v) is 14.9. The summed E-state index contributed by atoms with van der Waals surface area (Å²) in [7, 11) is 0. The Hall–Kier alpha value is -2.89. The summed E-state index contributed by atoms with van der Waals surface area (Å²) in [5.41, 5.74) is 0. The van der Waals surface area contributed by atoms with Crippen molar-refractivity contribution in [3.05, 3.63) is 60.8 Å². The van der Waals surface area contributed by atoms with Gasteiger partial charge in [0, 0.05) is 12.8 Å². The Morgan fingerprint density at radius 2 is 0.907 bits per heavy atom. The van der Waals surface area contributed by atoms with Crippen LogP contribution in [-0.4, -0.2) is 35.6 Å². The lowest BCUT2D eigenvalue weighted by molar-refractivity contribution is -0.147. The van der Waals surface area contributed by atoms with Gasteiger partial charge in [-0.05, 0) is 89.5 Å². The maximum absolute atomic E-state index is 12.7. The summed E-state index contributed by atoms with van der Waals surface area (Å²) in [6.45, 7) is 4.17. The first-order valence-corrected chi connectivity index (χ1v) is 22.4. The van der Waals surface area contributed by atoms with Gasteiger partial charge in [0.2, 0.25) is 5.91 Å². The maximum Gasteiger partial charge on any atom is 0.322 e. The summed E-state index contributed by atoms with van der Waals surface area (Å²) in [5.74, 6) is -1.33. The standard InChI is InChI=1S/C48H83NO5/c1-3-5-7-9-11-13-15-16-17-18-19-20-21-22-23-24-26-28-30-35-39-43-48(53)54-45(40-36-32-29-27-25-14-12-10-8-6-4-2)41-37-33-31-34-38-42-46(50)49-44-47(51)52/h12,14-16,18-19,27,29,36,40,45H,3-11,13,17,20-26,28,30-35,37-39,41-44H2,1-2H3,(H,49,50)(H,51,52)/b14-12-,16-15-,19-18-,29-27-,40-36-. The number of hydrogen-bond donors (Lipinski definition) is 2. The van der Waals surface area contributed by atoms with Crippen LogP contribution < -0.4 is 5.32 Å². The van der Waals surface area contributed by atoms with Crippen molar-refractivity contribution < 1.29 is 24.2 Å². The van der Waals surface area contributed by atoms with Crippen LogP contribution in [0.15, 0.2) is 60.8 Å². The summed E-state index contributed by atoms with van der Waals surface area (Å²) < 4.78 is 5.92. The molecule has 0 aromatic rings. The number of esters is 1. The monoisotopic (exact) mass is 754 g/mol. The molecule has 0 saturated carbocycles. The van der Waals surface area contributed by atoms with Crippen molar-refractivity contribution in [2.75, 3.05) is 6.54 Å². The molecule has 0 spiro atoms. The van der Waals surface area contributed by atoms with Crippen molar-refractivity contribution in [1.29, 1.82) is 0 Å². The van der Waals surface area contributed by atoms with Gasteiger partial charge in [0.1, 0.15) is 12.6 Å². The van der Waals surface area contributed by atoms with Gasteiger partial charge >= 0.3 is 11.9 Å². The Labute approximate surface area is 332 Å². The number of carboxylic acids is 1. The number of aliphatic carboxylic acids is 1. The molecule has 310 valence electrons.